The topological polar surface area (TPSA) is 9.23 Å². The first-order valence-electron chi connectivity index (χ1n) is 10.3. The third-order valence-corrected chi connectivity index (χ3v) is 13.3. The maximum absolute atomic E-state index is 7.30. The molecule has 4 aromatic rings. The van der Waals surface area contributed by atoms with Gasteiger partial charge in [-0.3, -0.25) is 0 Å². The van der Waals surface area contributed by atoms with E-state index in [1.807, 2.05) is 12.1 Å². The van der Waals surface area contributed by atoms with E-state index in [-0.39, 0.29) is 11.8 Å². The molecule has 2 atom stereocenters. The summed E-state index contributed by atoms with van der Waals surface area (Å²) >= 11 is 6.15. The SMILES string of the molecule is CC1C(c2ccc(Cl)cc2)OP1(c1ccccc1)(c1ccccc1)c1ccccc1. The van der Waals surface area contributed by atoms with Gasteiger partial charge in [-0.2, -0.15) is 0 Å². The van der Waals surface area contributed by atoms with Crippen molar-refractivity contribution >= 4 is 34.3 Å². The molecule has 4 aromatic carbocycles. The van der Waals surface area contributed by atoms with Gasteiger partial charge in [-0.1, -0.05) is 0 Å². The molecule has 0 spiro atoms. The Bertz CT molecular complexity index is 1040. The Labute approximate surface area is 183 Å². The van der Waals surface area contributed by atoms with Crippen molar-refractivity contribution in [2.24, 2.45) is 0 Å². The van der Waals surface area contributed by atoms with Gasteiger partial charge in [-0.05, 0) is 0 Å². The number of hydrogen-bond acceptors (Lipinski definition) is 1. The summed E-state index contributed by atoms with van der Waals surface area (Å²) in [5.74, 6) is 0. The average molecular weight is 431 g/mol. The van der Waals surface area contributed by atoms with Crippen LogP contribution >= 0.6 is 18.4 Å². The number of hydrogen-bond donors (Lipinski definition) is 0. The third kappa shape index (κ3) is 2.56. The second-order valence-electron chi connectivity index (χ2n) is 7.93. The first-order chi connectivity index (χ1) is 14.7. The molecule has 0 radical (unpaired) electrons. The molecular weight excluding hydrogens is 407 g/mol. The molecule has 2 unspecified atom stereocenters. The van der Waals surface area contributed by atoms with Gasteiger partial charge in [-0.15, -0.1) is 0 Å². The summed E-state index contributed by atoms with van der Waals surface area (Å²) < 4.78 is 7.30. The van der Waals surface area contributed by atoms with Gasteiger partial charge < -0.3 is 0 Å². The molecule has 150 valence electrons. The minimum atomic E-state index is -3.13. The first-order valence-corrected chi connectivity index (χ1v) is 12.9. The van der Waals surface area contributed by atoms with Gasteiger partial charge >= 0.3 is 183 Å². The normalized spacial score (nSPS) is 22.9. The molecule has 1 heterocycles. The van der Waals surface area contributed by atoms with Gasteiger partial charge in [0.25, 0.3) is 0 Å². The molecule has 0 amide bonds. The summed E-state index contributed by atoms with van der Waals surface area (Å²) in [5.41, 5.74) is 1.46. The second-order valence-corrected chi connectivity index (χ2v) is 13.1. The van der Waals surface area contributed by atoms with Crippen molar-refractivity contribution in [3.63, 3.8) is 0 Å². The van der Waals surface area contributed by atoms with Gasteiger partial charge in [0.2, 0.25) is 0 Å². The Hall–Kier alpha value is -2.44. The van der Waals surface area contributed by atoms with Crippen LogP contribution in [0.2, 0.25) is 5.02 Å². The quantitative estimate of drug-likeness (QED) is 0.348. The summed E-state index contributed by atoms with van der Waals surface area (Å²) in [7, 11) is 0. The van der Waals surface area contributed by atoms with E-state index in [2.05, 4.69) is 110 Å². The van der Waals surface area contributed by atoms with Gasteiger partial charge in [-0.25, -0.2) is 0 Å². The molecule has 0 saturated carbocycles. The predicted molar refractivity (Wildman–Crippen MR) is 130 cm³/mol. The number of halogens is 1. The molecule has 0 aromatic heterocycles. The fraction of sp³-hybridized carbons (Fsp3) is 0.111. The molecule has 30 heavy (non-hydrogen) atoms. The van der Waals surface area contributed by atoms with Crippen molar-refractivity contribution in [1.82, 2.24) is 0 Å². The Morgan fingerprint density at radius 3 is 1.37 bits per heavy atom. The molecule has 3 heteroatoms. The van der Waals surface area contributed by atoms with Crippen LogP contribution in [0.1, 0.15) is 18.6 Å². The predicted octanol–water partition coefficient (Wildman–Crippen LogP) is 6.24. The summed E-state index contributed by atoms with van der Waals surface area (Å²) in [5, 5.41) is 4.58. The number of benzene rings is 4. The summed E-state index contributed by atoms with van der Waals surface area (Å²) in [6.45, 7) is -0.778. The molecule has 1 aliphatic rings. The Morgan fingerprint density at radius 2 is 1.00 bits per heavy atom. The Balaban J connectivity index is 1.80. The zero-order valence-electron chi connectivity index (χ0n) is 16.9. The Morgan fingerprint density at radius 1 is 0.600 bits per heavy atom. The molecule has 0 bridgehead atoms. The fourth-order valence-electron chi connectivity index (χ4n) is 5.12. The van der Waals surface area contributed by atoms with E-state index in [0.29, 0.717) is 0 Å². The van der Waals surface area contributed by atoms with Crippen LogP contribution < -0.4 is 15.9 Å². The first kappa shape index (κ1) is 19.5. The third-order valence-electron chi connectivity index (χ3n) is 6.55. The van der Waals surface area contributed by atoms with Crippen LogP contribution in [0.3, 0.4) is 0 Å². The van der Waals surface area contributed by atoms with Gasteiger partial charge in [0, 0.05) is 0 Å². The second kappa shape index (κ2) is 7.36. The zero-order chi connectivity index (χ0) is 20.6. The van der Waals surface area contributed by atoms with Crippen molar-refractivity contribution in [3.8, 4) is 0 Å². The van der Waals surface area contributed by atoms with Crippen LogP contribution in [-0.2, 0) is 4.52 Å². The standard InChI is InChI=1S/C27H24ClOP/c1-21-27(22-17-19-23(28)20-18-22)29-30(21,24-11-5-2-6-12-24,25-13-7-3-8-14-25)26-15-9-4-10-16-26/h2-21,27H,1H3. The van der Waals surface area contributed by atoms with Crippen LogP contribution in [0.15, 0.2) is 115 Å². The van der Waals surface area contributed by atoms with Gasteiger partial charge in [0.15, 0.2) is 0 Å². The van der Waals surface area contributed by atoms with E-state index in [0.717, 1.165) is 5.02 Å². The fourth-order valence-corrected chi connectivity index (χ4v) is 11.7. The summed E-state index contributed by atoms with van der Waals surface area (Å²) in [6.07, 6.45) is 0.0144. The van der Waals surface area contributed by atoms with Crippen molar-refractivity contribution in [2.45, 2.75) is 18.7 Å². The average Bonchev–Trinajstić information content (AvgIpc) is 2.82. The monoisotopic (exact) mass is 430 g/mol. The summed E-state index contributed by atoms with van der Waals surface area (Å²) in [6, 6.07) is 40.5. The molecular formula is C27H24ClOP. The van der Waals surface area contributed by atoms with E-state index in [4.69, 9.17) is 16.1 Å². The van der Waals surface area contributed by atoms with Crippen molar-refractivity contribution < 1.29 is 4.52 Å². The molecule has 5 rings (SSSR count). The van der Waals surface area contributed by atoms with Gasteiger partial charge in [0.05, 0.1) is 0 Å². The van der Waals surface area contributed by atoms with Crippen LogP contribution in [0, 0.1) is 0 Å². The molecule has 0 aliphatic carbocycles. The summed E-state index contributed by atoms with van der Waals surface area (Å²) in [4.78, 5) is 0. The van der Waals surface area contributed by atoms with Crippen molar-refractivity contribution in [2.75, 3.05) is 0 Å². The van der Waals surface area contributed by atoms with E-state index >= 15 is 0 Å². The minimum absolute atomic E-state index is 0.0144. The number of rotatable bonds is 4. The maximum atomic E-state index is 7.30. The molecule has 1 aliphatic heterocycles. The van der Waals surface area contributed by atoms with Crippen LogP contribution in [0.25, 0.3) is 0 Å². The van der Waals surface area contributed by atoms with E-state index < -0.39 is 6.83 Å². The molecule has 1 nitrogen and oxygen atoms in total. The Kier molecular flexibility index (Phi) is 4.79. The van der Waals surface area contributed by atoms with Crippen LogP contribution in [0.4, 0.5) is 0 Å². The van der Waals surface area contributed by atoms with Crippen molar-refractivity contribution in [3.05, 3.63) is 126 Å². The zero-order valence-corrected chi connectivity index (χ0v) is 18.5. The molecule has 0 N–H and O–H groups in total. The molecule has 1 saturated heterocycles. The van der Waals surface area contributed by atoms with Crippen LogP contribution in [-0.4, -0.2) is 5.66 Å². The van der Waals surface area contributed by atoms with Crippen molar-refractivity contribution in [1.29, 1.82) is 0 Å². The van der Waals surface area contributed by atoms with E-state index in [1.54, 1.807) is 0 Å². The molecule has 1 fully saturated rings. The van der Waals surface area contributed by atoms with E-state index in [9.17, 15) is 0 Å². The van der Waals surface area contributed by atoms with Gasteiger partial charge in [0.1, 0.15) is 0 Å². The van der Waals surface area contributed by atoms with Crippen LogP contribution in [0.5, 0.6) is 0 Å². The van der Waals surface area contributed by atoms with E-state index in [1.165, 1.54) is 21.5 Å².